The Morgan fingerprint density at radius 1 is 1.14 bits per heavy atom. The fourth-order valence-corrected chi connectivity index (χ4v) is 4.53. The minimum atomic E-state index is -4.69. The third-order valence-electron chi connectivity index (χ3n) is 6.20. The van der Waals surface area contributed by atoms with Gasteiger partial charge in [0, 0.05) is 31.8 Å². The normalized spacial score (nSPS) is 13.4. The molecule has 10 nitrogen and oxygen atoms in total. The molecule has 1 amide bonds. The van der Waals surface area contributed by atoms with Gasteiger partial charge in [-0.3, -0.25) is 14.4 Å². The number of anilines is 2. The molecule has 0 saturated carbocycles. The standard InChI is InChI=1S/C24H23F3N8O2/c1-4-28-19-7-14(21-16(9-30-34(21)3)22-32-29-12-33(22)2)8-20(31-19)35-10-17-15(23(35)37)5-13(11-36)6-18(17)24(25,26)27/h5-9,12,36H,4,10-11H2,1-3H3,(H,28,31). The summed E-state index contributed by atoms with van der Waals surface area (Å²) in [5.74, 6) is 0.568. The van der Waals surface area contributed by atoms with Crippen LogP contribution < -0.4 is 10.2 Å². The zero-order valence-electron chi connectivity index (χ0n) is 20.2. The summed E-state index contributed by atoms with van der Waals surface area (Å²) in [5.41, 5.74) is 0.814. The number of alkyl halides is 3. The van der Waals surface area contributed by atoms with Crippen molar-refractivity contribution < 1.29 is 23.1 Å². The molecule has 1 aliphatic heterocycles. The van der Waals surface area contributed by atoms with Crippen molar-refractivity contribution in [2.75, 3.05) is 16.8 Å². The number of pyridine rings is 1. The van der Waals surface area contributed by atoms with E-state index in [1.54, 1.807) is 48.0 Å². The van der Waals surface area contributed by atoms with Gasteiger partial charge in [0.05, 0.1) is 36.2 Å². The quantitative estimate of drug-likeness (QED) is 0.407. The van der Waals surface area contributed by atoms with Crippen LogP contribution >= 0.6 is 0 Å². The molecule has 0 bridgehead atoms. The van der Waals surface area contributed by atoms with Crippen LogP contribution in [0.4, 0.5) is 24.8 Å². The van der Waals surface area contributed by atoms with Crippen molar-refractivity contribution in [1.82, 2.24) is 29.5 Å². The number of aromatic nitrogens is 6. The molecule has 0 atom stereocenters. The van der Waals surface area contributed by atoms with Gasteiger partial charge in [-0.15, -0.1) is 10.2 Å². The molecule has 1 aliphatic rings. The van der Waals surface area contributed by atoms with E-state index in [1.165, 1.54) is 11.0 Å². The monoisotopic (exact) mass is 512 g/mol. The van der Waals surface area contributed by atoms with Gasteiger partial charge in [0.2, 0.25) is 0 Å². The summed E-state index contributed by atoms with van der Waals surface area (Å²) in [6.07, 6.45) is -1.47. The Bertz CT molecular complexity index is 1510. The second-order valence-electron chi connectivity index (χ2n) is 8.64. The first-order chi connectivity index (χ1) is 17.6. The number of carbonyl (C=O) groups is 1. The Morgan fingerprint density at radius 3 is 2.57 bits per heavy atom. The summed E-state index contributed by atoms with van der Waals surface area (Å²) in [7, 11) is 3.55. The highest BCUT2D eigenvalue weighted by Crippen LogP contribution is 2.40. The van der Waals surface area contributed by atoms with Gasteiger partial charge in [0.25, 0.3) is 5.91 Å². The second-order valence-corrected chi connectivity index (χ2v) is 8.64. The zero-order chi connectivity index (χ0) is 26.5. The van der Waals surface area contributed by atoms with Crippen LogP contribution in [0, 0.1) is 0 Å². The Morgan fingerprint density at radius 2 is 1.92 bits per heavy atom. The van der Waals surface area contributed by atoms with E-state index in [0.717, 1.165) is 6.07 Å². The van der Waals surface area contributed by atoms with Crippen molar-refractivity contribution in [3.05, 3.63) is 59.0 Å². The summed E-state index contributed by atoms with van der Waals surface area (Å²) < 4.78 is 44.9. The molecule has 0 spiro atoms. The molecule has 1 aromatic carbocycles. The number of aliphatic hydroxyl groups excluding tert-OH is 1. The van der Waals surface area contributed by atoms with Crippen molar-refractivity contribution >= 4 is 17.5 Å². The van der Waals surface area contributed by atoms with Crippen LogP contribution in [0.2, 0.25) is 0 Å². The summed E-state index contributed by atoms with van der Waals surface area (Å²) >= 11 is 0. The highest BCUT2D eigenvalue weighted by molar-refractivity contribution is 6.10. The molecular weight excluding hydrogens is 489 g/mol. The average molecular weight is 512 g/mol. The molecule has 4 heterocycles. The van der Waals surface area contributed by atoms with E-state index < -0.39 is 24.3 Å². The van der Waals surface area contributed by atoms with E-state index >= 15 is 0 Å². The lowest BCUT2D eigenvalue weighted by atomic mass is 9.99. The van der Waals surface area contributed by atoms with Gasteiger partial charge in [-0.05, 0) is 42.3 Å². The lowest BCUT2D eigenvalue weighted by Crippen LogP contribution is -2.24. The molecule has 37 heavy (non-hydrogen) atoms. The van der Waals surface area contributed by atoms with Gasteiger partial charge in [-0.25, -0.2) is 4.98 Å². The number of hydrogen-bond donors (Lipinski definition) is 2. The Hall–Kier alpha value is -4.26. The van der Waals surface area contributed by atoms with Crippen LogP contribution in [0.5, 0.6) is 0 Å². The van der Waals surface area contributed by atoms with Crippen molar-refractivity contribution in [3.63, 3.8) is 0 Å². The summed E-state index contributed by atoms with van der Waals surface area (Å²) in [4.78, 5) is 19.1. The first kappa shape index (κ1) is 24.4. The van der Waals surface area contributed by atoms with Crippen LogP contribution in [0.25, 0.3) is 22.6 Å². The molecule has 5 rings (SSSR count). The van der Waals surface area contributed by atoms with Crippen LogP contribution in [-0.4, -0.2) is 47.1 Å². The second kappa shape index (κ2) is 9.00. The van der Waals surface area contributed by atoms with E-state index in [0.29, 0.717) is 35.0 Å². The number of aryl methyl sites for hydroxylation is 2. The SMILES string of the molecule is CCNc1cc(-c2c(-c3nncn3C)cnn2C)cc(N2Cc3c(cc(CO)cc3C(F)(F)F)C2=O)n1. The maximum atomic E-state index is 13.8. The predicted octanol–water partition coefficient (Wildman–Crippen LogP) is 3.38. The van der Waals surface area contributed by atoms with Crippen molar-refractivity contribution in [2.45, 2.75) is 26.3 Å². The van der Waals surface area contributed by atoms with Gasteiger partial charge >= 0.3 is 6.18 Å². The van der Waals surface area contributed by atoms with Crippen LogP contribution in [0.15, 0.2) is 36.8 Å². The molecule has 0 aliphatic carbocycles. The molecular formula is C24H23F3N8O2. The molecule has 0 radical (unpaired) electrons. The number of aliphatic hydroxyl groups is 1. The van der Waals surface area contributed by atoms with Gasteiger partial charge < -0.3 is 15.0 Å². The number of nitrogens with one attached hydrogen (secondary N) is 1. The number of benzene rings is 1. The summed E-state index contributed by atoms with van der Waals surface area (Å²) in [6, 6.07) is 5.60. The number of nitrogens with zero attached hydrogens (tertiary/aromatic N) is 7. The highest BCUT2D eigenvalue weighted by Gasteiger charge is 2.41. The molecule has 3 aromatic heterocycles. The highest BCUT2D eigenvalue weighted by atomic mass is 19.4. The van der Waals surface area contributed by atoms with Crippen molar-refractivity contribution in [3.8, 4) is 22.6 Å². The summed E-state index contributed by atoms with van der Waals surface area (Å²) in [6.45, 7) is 1.49. The van der Waals surface area contributed by atoms with E-state index in [1.807, 2.05) is 6.92 Å². The van der Waals surface area contributed by atoms with Crippen LogP contribution in [0.3, 0.4) is 0 Å². The fourth-order valence-electron chi connectivity index (χ4n) is 4.53. The first-order valence-electron chi connectivity index (χ1n) is 11.4. The predicted molar refractivity (Wildman–Crippen MR) is 128 cm³/mol. The Kier molecular flexibility index (Phi) is 5.94. The maximum absolute atomic E-state index is 13.8. The molecule has 192 valence electrons. The number of hydrogen-bond acceptors (Lipinski definition) is 7. The zero-order valence-corrected chi connectivity index (χ0v) is 20.2. The largest absolute Gasteiger partial charge is 0.416 e. The number of halogens is 3. The molecule has 0 fully saturated rings. The van der Waals surface area contributed by atoms with Gasteiger partial charge in [-0.1, -0.05) is 0 Å². The molecule has 0 unspecified atom stereocenters. The fraction of sp³-hybridized carbons (Fsp3) is 0.292. The minimum absolute atomic E-state index is 0.0135. The lowest BCUT2D eigenvalue weighted by molar-refractivity contribution is -0.138. The van der Waals surface area contributed by atoms with E-state index in [2.05, 4.69) is 25.6 Å². The average Bonchev–Trinajstić information content (AvgIpc) is 3.54. The van der Waals surface area contributed by atoms with Crippen molar-refractivity contribution in [2.24, 2.45) is 14.1 Å². The van der Waals surface area contributed by atoms with Crippen molar-refractivity contribution in [1.29, 1.82) is 0 Å². The van der Waals surface area contributed by atoms with Crippen LogP contribution in [0.1, 0.15) is 34.0 Å². The third-order valence-corrected chi connectivity index (χ3v) is 6.20. The van der Waals surface area contributed by atoms with Gasteiger partial charge in [0.15, 0.2) is 5.82 Å². The third kappa shape index (κ3) is 4.20. The van der Waals surface area contributed by atoms with Gasteiger partial charge in [0.1, 0.15) is 18.0 Å². The van der Waals surface area contributed by atoms with Crippen LogP contribution in [-0.2, 0) is 33.4 Å². The first-order valence-corrected chi connectivity index (χ1v) is 11.4. The molecule has 13 heteroatoms. The molecule has 2 N–H and O–H groups in total. The topological polar surface area (TPSA) is 114 Å². The Balaban J connectivity index is 1.64. The molecule has 0 saturated heterocycles. The Labute approximate surface area is 209 Å². The minimum Gasteiger partial charge on any atom is -0.392 e. The number of amides is 1. The summed E-state index contributed by atoms with van der Waals surface area (Å²) in [5, 5.41) is 25.1. The van der Waals surface area contributed by atoms with E-state index in [-0.39, 0.29) is 29.1 Å². The maximum Gasteiger partial charge on any atom is 0.416 e. The van der Waals surface area contributed by atoms with Gasteiger partial charge in [-0.2, -0.15) is 18.3 Å². The number of carbonyl (C=O) groups excluding carboxylic acids is 1. The van der Waals surface area contributed by atoms with E-state index in [9.17, 15) is 23.1 Å². The number of rotatable bonds is 6. The molecule has 4 aromatic rings. The van der Waals surface area contributed by atoms with E-state index in [4.69, 9.17) is 0 Å². The number of fused-ring (bicyclic) bond motifs is 1. The lowest BCUT2D eigenvalue weighted by Gasteiger charge is -2.18. The smallest absolute Gasteiger partial charge is 0.392 e.